The van der Waals surface area contributed by atoms with Crippen LogP contribution in [0.2, 0.25) is 0 Å². The zero-order valence-corrected chi connectivity index (χ0v) is 19.9. The monoisotopic (exact) mass is 481 g/mol. The first-order valence-corrected chi connectivity index (χ1v) is 10.9. The van der Waals surface area contributed by atoms with Crippen molar-refractivity contribution in [2.24, 2.45) is 0 Å². The highest BCUT2D eigenvalue weighted by Gasteiger charge is 2.26. The molecule has 1 aromatic heterocycles. The van der Waals surface area contributed by atoms with Crippen molar-refractivity contribution < 1.29 is 28.8 Å². The van der Waals surface area contributed by atoms with E-state index in [4.69, 9.17) is 9.47 Å². The van der Waals surface area contributed by atoms with Gasteiger partial charge >= 0.3 is 12.1 Å². The molecule has 0 unspecified atom stereocenters. The fourth-order valence-electron chi connectivity index (χ4n) is 3.64. The van der Waals surface area contributed by atoms with Crippen molar-refractivity contribution in [1.29, 1.82) is 0 Å². The number of carbonyl (C=O) groups excluding carboxylic acids is 3. The fraction of sp³-hybridized carbons (Fsp3) is 0.320. The number of nitro benzene ring substituents is 1. The number of aromatic nitrogens is 1. The molecule has 1 N–H and O–H groups in total. The van der Waals surface area contributed by atoms with Gasteiger partial charge in [-0.15, -0.1) is 0 Å². The van der Waals surface area contributed by atoms with Crippen LogP contribution in [0.1, 0.15) is 31.9 Å². The predicted octanol–water partition coefficient (Wildman–Crippen LogP) is 3.78. The van der Waals surface area contributed by atoms with E-state index in [2.05, 4.69) is 5.32 Å². The van der Waals surface area contributed by atoms with Gasteiger partial charge in [0.05, 0.1) is 24.0 Å². The number of rotatable bonds is 7. The van der Waals surface area contributed by atoms with Gasteiger partial charge in [-0.25, -0.2) is 9.59 Å². The molecule has 0 aliphatic rings. The summed E-state index contributed by atoms with van der Waals surface area (Å²) in [5.74, 6) is -1.16. The predicted molar refractivity (Wildman–Crippen MR) is 128 cm³/mol. The van der Waals surface area contributed by atoms with Gasteiger partial charge in [0, 0.05) is 30.1 Å². The maximum atomic E-state index is 12.8. The molecule has 1 heterocycles. The summed E-state index contributed by atoms with van der Waals surface area (Å²) >= 11 is 0. The minimum atomic E-state index is -1.04. The lowest BCUT2D eigenvalue weighted by Crippen LogP contribution is -2.43. The van der Waals surface area contributed by atoms with Gasteiger partial charge in [-0.3, -0.25) is 19.5 Å². The number of nitrogens with zero attached hydrogens (tertiary/aromatic N) is 2. The van der Waals surface area contributed by atoms with E-state index in [-0.39, 0.29) is 18.5 Å². The molecule has 184 valence electrons. The Hall–Kier alpha value is -4.21. The van der Waals surface area contributed by atoms with E-state index in [0.29, 0.717) is 16.6 Å². The van der Waals surface area contributed by atoms with Crippen molar-refractivity contribution in [2.45, 2.75) is 45.3 Å². The molecule has 0 aliphatic carbocycles. The molecule has 3 rings (SSSR count). The van der Waals surface area contributed by atoms with E-state index in [1.807, 2.05) is 6.07 Å². The number of hydrogen-bond acceptors (Lipinski definition) is 7. The van der Waals surface area contributed by atoms with Crippen molar-refractivity contribution >= 4 is 34.6 Å². The first kappa shape index (κ1) is 25.4. The second-order valence-electron chi connectivity index (χ2n) is 8.97. The fourth-order valence-corrected chi connectivity index (χ4v) is 3.64. The summed E-state index contributed by atoms with van der Waals surface area (Å²) in [7, 11) is 1.21. The van der Waals surface area contributed by atoms with Crippen LogP contribution in [-0.2, 0) is 31.9 Å². The smallest absolute Gasteiger partial charge is 0.419 e. The Morgan fingerprint density at radius 1 is 1.11 bits per heavy atom. The number of fused-ring (bicyclic) bond motifs is 1. The highest BCUT2D eigenvalue weighted by Crippen LogP contribution is 2.24. The quantitative estimate of drug-likeness (QED) is 0.309. The zero-order chi connectivity index (χ0) is 25.8. The molecule has 0 aliphatic heterocycles. The van der Waals surface area contributed by atoms with Crippen LogP contribution in [0, 0.1) is 10.1 Å². The first-order valence-electron chi connectivity index (χ1n) is 10.9. The number of nitrogens with one attached hydrogen (secondary N) is 1. The number of carbonyl (C=O) groups is 3. The number of benzene rings is 2. The Morgan fingerprint density at radius 2 is 1.83 bits per heavy atom. The lowest BCUT2D eigenvalue weighted by atomic mass is 10.0. The summed E-state index contributed by atoms with van der Waals surface area (Å²) in [5.41, 5.74) is 0.843. The summed E-state index contributed by atoms with van der Waals surface area (Å²) < 4.78 is 11.7. The van der Waals surface area contributed by atoms with Gasteiger partial charge in [0.15, 0.2) is 0 Å². The molecule has 2 aromatic carbocycles. The first-order chi connectivity index (χ1) is 16.5. The second kappa shape index (κ2) is 10.4. The van der Waals surface area contributed by atoms with E-state index < -0.39 is 34.5 Å². The van der Waals surface area contributed by atoms with Crippen molar-refractivity contribution in [2.75, 3.05) is 7.11 Å². The van der Waals surface area contributed by atoms with E-state index in [1.165, 1.54) is 29.9 Å². The maximum Gasteiger partial charge on any atom is 0.419 e. The summed E-state index contributed by atoms with van der Waals surface area (Å²) in [6.07, 6.45) is 0.921. The second-order valence-corrected chi connectivity index (χ2v) is 8.97. The van der Waals surface area contributed by atoms with Crippen LogP contribution in [-0.4, -0.2) is 46.2 Å². The van der Waals surface area contributed by atoms with Gasteiger partial charge in [0.25, 0.3) is 5.69 Å². The summed E-state index contributed by atoms with van der Waals surface area (Å²) in [4.78, 5) is 48.4. The Balaban J connectivity index is 1.85. The highest BCUT2D eigenvalue weighted by molar-refractivity contribution is 5.93. The number of esters is 1. The number of methoxy groups -OCH3 is 1. The third-order valence-corrected chi connectivity index (χ3v) is 5.12. The van der Waals surface area contributed by atoms with Gasteiger partial charge in [0.1, 0.15) is 11.6 Å². The van der Waals surface area contributed by atoms with Crippen molar-refractivity contribution in [3.8, 4) is 0 Å². The number of nitro groups is 1. The average molecular weight is 482 g/mol. The van der Waals surface area contributed by atoms with Gasteiger partial charge in [-0.2, -0.15) is 0 Å². The van der Waals surface area contributed by atoms with Crippen LogP contribution < -0.4 is 5.32 Å². The largest absolute Gasteiger partial charge is 0.467 e. The normalized spacial score (nSPS) is 12.1. The summed E-state index contributed by atoms with van der Waals surface area (Å²) in [6.45, 7) is 5.30. The topological polar surface area (TPSA) is 130 Å². The molecule has 0 radical (unpaired) electrons. The van der Waals surface area contributed by atoms with Crippen LogP contribution in [0.4, 0.5) is 10.5 Å². The van der Waals surface area contributed by atoms with Gasteiger partial charge in [0.2, 0.25) is 5.91 Å². The molecule has 10 heteroatoms. The zero-order valence-electron chi connectivity index (χ0n) is 19.9. The third-order valence-electron chi connectivity index (χ3n) is 5.12. The van der Waals surface area contributed by atoms with Crippen LogP contribution in [0.5, 0.6) is 0 Å². The standard InChI is InChI=1S/C25H27N3O7/c1-25(2,3)35-24(31)27-15-17(19-10-5-6-11-21(19)27)14-20(23(30)34-4)26-22(29)13-16-8-7-9-18(12-16)28(32)33/h5-12,15,20H,13-14H2,1-4H3,(H,26,29)/t20-/m1/s1. The third kappa shape index (κ3) is 6.44. The molecule has 0 saturated heterocycles. The van der Waals surface area contributed by atoms with E-state index >= 15 is 0 Å². The SMILES string of the molecule is COC(=O)[C@@H](Cc1cn(C(=O)OC(C)(C)C)c2ccccc12)NC(=O)Cc1cccc([N+](=O)[O-])c1. The van der Waals surface area contributed by atoms with Crippen LogP contribution in [0.15, 0.2) is 54.7 Å². The van der Waals surface area contributed by atoms with Crippen LogP contribution in [0.25, 0.3) is 10.9 Å². The van der Waals surface area contributed by atoms with Crippen molar-refractivity contribution in [3.05, 3.63) is 76.0 Å². The average Bonchev–Trinajstić information content (AvgIpc) is 3.16. The molecular formula is C25H27N3O7. The molecule has 35 heavy (non-hydrogen) atoms. The highest BCUT2D eigenvalue weighted by atomic mass is 16.6. The Kier molecular flexibility index (Phi) is 7.53. The lowest BCUT2D eigenvalue weighted by molar-refractivity contribution is -0.384. The summed E-state index contributed by atoms with van der Waals surface area (Å²) in [5, 5.41) is 14.4. The molecule has 1 amide bonds. The molecule has 0 bridgehead atoms. The molecule has 0 spiro atoms. The van der Waals surface area contributed by atoms with Crippen LogP contribution in [0.3, 0.4) is 0 Å². The van der Waals surface area contributed by atoms with E-state index in [9.17, 15) is 24.5 Å². The Labute approximate surface area is 202 Å². The maximum absolute atomic E-state index is 12.8. The number of para-hydroxylation sites is 1. The molecule has 0 saturated carbocycles. The van der Waals surface area contributed by atoms with Crippen molar-refractivity contribution in [3.63, 3.8) is 0 Å². The molecular weight excluding hydrogens is 454 g/mol. The minimum absolute atomic E-state index is 0.0592. The number of amides is 1. The molecule has 3 aromatic rings. The lowest BCUT2D eigenvalue weighted by Gasteiger charge is -2.19. The Bertz CT molecular complexity index is 1270. The number of non-ortho nitro benzene ring substituents is 1. The molecule has 0 fully saturated rings. The molecule has 1 atom stereocenters. The van der Waals surface area contributed by atoms with Crippen LogP contribution >= 0.6 is 0 Å². The van der Waals surface area contributed by atoms with E-state index in [0.717, 1.165) is 5.39 Å². The van der Waals surface area contributed by atoms with Gasteiger partial charge in [-0.05, 0) is 38.0 Å². The summed E-state index contributed by atoms with van der Waals surface area (Å²) in [6, 6.07) is 11.8. The molecule has 10 nitrogen and oxygen atoms in total. The minimum Gasteiger partial charge on any atom is -0.467 e. The van der Waals surface area contributed by atoms with Gasteiger partial charge in [-0.1, -0.05) is 30.3 Å². The van der Waals surface area contributed by atoms with Gasteiger partial charge < -0.3 is 14.8 Å². The number of ether oxygens (including phenoxy) is 2. The Morgan fingerprint density at radius 3 is 2.49 bits per heavy atom. The number of hydrogen-bond donors (Lipinski definition) is 1. The van der Waals surface area contributed by atoms with E-state index in [1.54, 1.807) is 51.2 Å². The van der Waals surface area contributed by atoms with Crippen molar-refractivity contribution in [1.82, 2.24) is 9.88 Å².